The van der Waals surface area contributed by atoms with Gasteiger partial charge < -0.3 is 0 Å². The normalized spacial score (nSPS) is 8.55. The number of rotatable bonds is 5. The average Bonchev–Trinajstić information content (AvgIpc) is 1.98. The molecule has 0 heterocycles. The van der Waals surface area contributed by atoms with Crippen molar-refractivity contribution in [1.82, 2.24) is 5.43 Å². The number of unbranched alkanes of at least 4 members (excludes halogenated alkanes) is 3. The van der Waals surface area contributed by atoms with Crippen LogP contribution in [0.5, 0.6) is 0 Å². The largest absolute Gasteiger partial charge is 0.294 e. The van der Waals surface area contributed by atoms with Gasteiger partial charge in [0.1, 0.15) is 0 Å². The van der Waals surface area contributed by atoms with E-state index in [1.807, 2.05) is 0 Å². The van der Waals surface area contributed by atoms with Gasteiger partial charge in [-0.3, -0.25) is 10.2 Å². The SMILES string of the molecule is CCCCCCC(=O)NN.Cl. The molecule has 0 atom stereocenters. The summed E-state index contributed by atoms with van der Waals surface area (Å²) in [5, 5.41) is 0. The summed E-state index contributed by atoms with van der Waals surface area (Å²) in [6.07, 6.45) is 5.05. The first kappa shape index (κ1) is 13.3. The standard InChI is InChI=1S/C7H16N2O.ClH/c1-2-3-4-5-6-7(10)9-8;/h2-6,8H2,1H3,(H,9,10);1H. The van der Waals surface area contributed by atoms with Crippen LogP contribution < -0.4 is 11.3 Å². The monoisotopic (exact) mass is 180 g/mol. The van der Waals surface area contributed by atoms with Gasteiger partial charge in [-0.1, -0.05) is 26.2 Å². The topological polar surface area (TPSA) is 55.1 Å². The summed E-state index contributed by atoms with van der Waals surface area (Å²) in [6.45, 7) is 2.14. The molecule has 68 valence electrons. The van der Waals surface area contributed by atoms with E-state index in [2.05, 4.69) is 12.3 Å². The first-order valence-corrected chi connectivity index (χ1v) is 3.80. The fourth-order valence-corrected chi connectivity index (χ4v) is 0.785. The van der Waals surface area contributed by atoms with E-state index in [1.54, 1.807) is 0 Å². The number of amides is 1. The number of hydrogen-bond acceptors (Lipinski definition) is 2. The Hall–Kier alpha value is -0.280. The fourth-order valence-electron chi connectivity index (χ4n) is 0.785. The Labute approximate surface area is 74.1 Å². The molecule has 3 nitrogen and oxygen atoms in total. The van der Waals surface area contributed by atoms with Crippen LogP contribution >= 0.6 is 12.4 Å². The molecule has 0 saturated heterocycles. The van der Waals surface area contributed by atoms with Crippen molar-refractivity contribution < 1.29 is 4.79 Å². The van der Waals surface area contributed by atoms with Gasteiger partial charge in [-0.2, -0.15) is 0 Å². The van der Waals surface area contributed by atoms with E-state index in [4.69, 9.17) is 5.84 Å². The molecule has 0 unspecified atom stereocenters. The maximum Gasteiger partial charge on any atom is 0.233 e. The molecule has 0 saturated carbocycles. The Kier molecular flexibility index (Phi) is 11.8. The van der Waals surface area contributed by atoms with Crippen molar-refractivity contribution >= 4 is 18.3 Å². The lowest BCUT2D eigenvalue weighted by molar-refractivity contribution is -0.121. The molecule has 0 aromatic heterocycles. The summed E-state index contributed by atoms with van der Waals surface area (Å²) >= 11 is 0. The van der Waals surface area contributed by atoms with Crippen LogP contribution in [0, 0.1) is 0 Å². The van der Waals surface area contributed by atoms with Gasteiger partial charge in [-0.15, -0.1) is 12.4 Å². The van der Waals surface area contributed by atoms with Crippen molar-refractivity contribution in [1.29, 1.82) is 0 Å². The molecule has 0 aromatic carbocycles. The Morgan fingerprint density at radius 2 is 2.00 bits per heavy atom. The zero-order chi connectivity index (χ0) is 7.82. The van der Waals surface area contributed by atoms with Crippen LogP contribution in [0.25, 0.3) is 0 Å². The van der Waals surface area contributed by atoms with Crippen molar-refractivity contribution in [3.63, 3.8) is 0 Å². The molecule has 4 heteroatoms. The van der Waals surface area contributed by atoms with Crippen LogP contribution in [0.4, 0.5) is 0 Å². The third-order valence-electron chi connectivity index (χ3n) is 1.42. The summed E-state index contributed by atoms with van der Waals surface area (Å²) < 4.78 is 0. The van der Waals surface area contributed by atoms with Crippen LogP contribution in [-0.2, 0) is 4.79 Å². The van der Waals surface area contributed by atoms with Gasteiger partial charge in [0.25, 0.3) is 0 Å². The smallest absolute Gasteiger partial charge is 0.233 e. The molecular weight excluding hydrogens is 164 g/mol. The summed E-state index contributed by atoms with van der Waals surface area (Å²) in [5.74, 6) is 4.83. The highest BCUT2D eigenvalue weighted by atomic mass is 35.5. The van der Waals surface area contributed by atoms with E-state index in [9.17, 15) is 4.79 Å². The molecule has 0 aromatic rings. The predicted molar refractivity (Wildman–Crippen MR) is 48.3 cm³/mol. The van der Waals surface area contributed by atoms with Crippen molar-refractivity contribution in [2.45, 2.75) is 39.0 Å². The van der Waals surface area contributed by atoms with Gasteiger partial charge in [0.15, 0.2) is 0 Å². The third-order valence-corrected chi connectivity index (χ3v) is 1.42. The van der Waals surface area contributed by atoms with Crippen LogP contribution in [0.3, 0.4) is 0 Å². The van der Waals surface area contributed by atoms with Gasteiger partial charge in [0.05, 0.1) is 0 Å². The maximum absolute atomic E-state index is 10.5. The molecule has 0 aliphatic rings. The van der Waals surface area contributed by atoms with Crippen molar-refractivity contribution in [3.05, 3.63) is 0 Å². The Bertz CT molecular complexity index is 98.4. The summed E-state index contributed by atoms with van der Waals surface area (Å²) in [7, 11) is 0. The lowest BCUT2D eigenvalue weighted by Crippen LogP contribution is -2.29. The molecular formula is C7H17ClN2O. The molecule has 0 bridgehead atoms. The summed E-state index contributed by atoms with van der Waals surface area (Å²) in [6, 6.07) is 0. The maximum atomic E-state index is 10.5. The van der Waals surface area contributed by atoms with Crippen molar-refractivity contribution in [3.8, 4) is 0 Å². The van der Waals surface area contributed by atoms with Crippen LogP contribution in [0.15, 0.2) is 0 Å². The Balaban J connectivity index is 0. The number of nitrogens with two attached hydrogens (primary N) is 1. The third kappa shape index (κ3) is 9.72. The first-order chi connectivity index (χ1) is 4.81. The van der Waals surface area contributed by atoms with Gasteiger partial charge in [0.2, 0.25) is 5.91 Å². The molecule has 1 amide bonds. The van der Waals surface area contributed by atoms with E-state index in [1.165, 1.54) is 12.8 Å². The predicted octanol–water partition coefficient (Wildman–Crippen LogP) is 1.37. The van der Waals surface area contributed by atoms with Gasteiger partial charge in [-0.05, 0) is 6.42 Å². The van der Waals surface area contributed by atoms with Crippen molar-refractivity contribution in [2.24, 2.45) is 5.84 Å². The molecule has 0 fully saturated rings. The fraction of sp³-hybridized carbons (Fsp3) is 0.857. The number of nitrogens with one attached hydrogen (secondary N) is 1. The first-order valence-electron chi connectivity index (χ1n) is 3.80. The second-order valence-corrected chi connectivity index (χ2v) is 2.38. The van der Waals surface area contributed by atoms with Gasteiger partial charge in [-0.25, -0.2) is 5.84 Å². The minimum Gasteiger partial charge on any atom is -0.294 e. The van der Waals surface area contributed by atoms with Crippen LogP contribution in [-0.4, -0.2) is 5.91 Å². The summed E-state index contributed by atoms with van der Waals surface area (Å²) in [5.41, 5.74) is 2.10. The lowest BCUT2D eigenvalue weighted by atomic mass is 10.1. The second kappa shape index (κ2) is 9.72. The molecule has 0 spiro atoms. The number of hydrogen-bond donors (Lipinski definition) is 2. The summed E-state index contributed by atoms with van der Waals surface area (Å²) in [4.78, 5) is 10.5. The molecule has 11 heavy (non-hydrogen) atoms. The Morgan fingerprint density at radius 3 is 2.45 bits per heavy atom. The second-order valence-electron chi connectivity index (χ2n) is 2.38. The van der Waals surface area contributed by atoms with Gasteiger partial charge >= 0.3 is 0 Å². The highest BCUT2D eigenvalue weighted by molar-refractivity contribution is 5.85. The average molecular weight is 181 g/mol. The van der Waals surface area contributed by atoms with E-state index in [-0.39, 0.29) is 18.3 Å². The minimum atomic E-state index is -0.0592. The quantitative estimate of drug-likeness (QED) is 0.291. The van der Waals surface area contributed by atoms with E-state index < -0.39 is 0 Å². The van der Waals surface area contributed by atoms with Crippen LogP contribution in [0.1, 0.15) is 39.0 Å². The highest BCUT2D eigenvalue weighted by Gasteiger charge is 1.95. The van der Waals surface area contributed by atoms with E-state index in [0.29, 0.717) is 6.42 Å². The van der Waals surface area contributed by atoms with E-state index >= 15 is 0 Å². The lowest BCUT2D eigenvalue weighted by Gasteiger charge is -1.97. The minimum absolute atomic E-state index is 0. The number of carbonyl (C=O) groups excluding carboxylic acids is 1. The number of hydrazine groups is 1. The Morgan fingerprint density at radius 1 is 1.36 bits per heavy atom. The number of halogens is 1. The van der Waals surface area contributed by atoms with Crippen molar-refractivity contribution in [2.75, 3.05) is 0 Å². The molecule has 0 aliphatic carbocycles. The number of carbonyl (C=O) groups is 1. The van der Waals surface area contributed by atoms with Gasteiger partial charge in [0, 0.05) is 6.42 Å². The van der Waals surface area contributed by atoms with Crippen LogP contribution in [0.2, 0.25) is 0 Å². The molecule has 0 radical (unpaired) electrons. The molecule has 3 N–H and O–H groups in total. The molecule has 0 rings (SSSR count). The zero-order valence-electron chi connectivity index (χ0n) is 6.93. The molecule has 0 aliphatic heterocycles. The highest BCUT2D eigenvalue weighted by Crippen LogP contribution is 2.01. The van der Waals surface area contributed by atoms with E-state index in [0.717, 1.165) is 12.8 Å². The zero-order valence-corrected chi connectivity index (χ0v) is 7.75.